The lowest BCUT2D eigenvalue weighted by molar-refractivity contribution is -0.139. The number of nitrogens with zero attached hydrogens (tertiary/aromatic N) is 2. The van der Waals surface area contributed by atoms with Crippen molar-refractivity contribution >= 4 is 17.9 Å². The first-order valence-corrected chi connectivity index (χ1v) is 9.31. The summed E-state index contributed by atoms with van der Waals surface area (Å²) in [5, 5.41) is 8.90. The molecule has 3 rings (SSSR count). The van der Waals surface area contributed by atoms with E-state index in [0.717, 1.165) is 21.6 Å². The van der Waals surface area contributed by atoms with E-state index in [1.54, 1.807) is 30.6 Å². The Kier molecular flexibility index (Phi) is 6.62. The molecule has 3 aromatic rings. The quantitative estimate of drug-likeness (QED) is 0.564. The number of pyridine rings is 1. The van der Waals surface area contributed by atoms with Crippen molar-refractivity contribution in [2.24, 2.45) is 0 Å². The number of carbonyl (C=O) groups is 1. The molecule has 0 aliphatic rings. The molecule has 0 saturated heterocycles. The molecule has 0 amide bonds. The molecule has 0 bridgehead atoms. The largest absolute Gasteiger partial charge is 0.481 e. The highest BCUT2D eigenvalue weighted by Crippen LogP contribution is 2.32. The van der Waals surface area contributed by atoms with E-state index in [-0.39, 0.29) is 5.82 Å². The molecule has 0 aliphatic heterocycles. The van der Waals surface area contributed by atoms with Crippen molar-refractivity contribution in [3.8, 4) is 16.9 Å². The van der Waals surface area contributed by atoms with Crippen LogP contribution in [0, 0.1) is 5.82 Å². The Morgan fingerprint density at radius 2 is 2.00 bits per heavy atom. The Morgan fingerprint density at radius 1 is 1.21 bits per heavy atom. The second-order valence-corrected chi connectivity index (χ2v) is 7.36. The van der Waals surface area contributed by atoms with Crippen molar-refractivity contribution in [3.05, 3.63) is 78.4 Å². The van der Waals surface area contributed by atoms with Crippen LogP contribution in [0.25, 0.3) is 11.1 Å². The number of aliphatic carboxylic acids is 1. The van der Waals surface area contributed by atoms with E-state index in [4.69, 9.17) is 9.84 Å². The second-order valence-electron chi connectivity index (χ2n) is 6.09. The molecule has 0 saturated carbocycles. The van der Waals surface area contributed by atoms with Crippen LogP contribution >= 0.6 is 11.9 Å². The molecule has 7 heteroatoms. The van der Waals surface area contributed by atoms with Gasteiger partial charge in [0.05, 0.1) is 0 Å². The molecule has 0 radical (unpaired) electrons. The first kappa shape index (κ1) is 19.9. The Labute approximate surface area is 166 Å². The highest BCUT2D eigenvalue weighted by Gasteiger charge is 2.11. The normalized spacial score (nSPS) is 10.8. The summed E-state index contributed by atoms with van der Waals surface area (Å²) in [7, 11) is 1.95. The maximum atomic E-state index is 13.1. The van der Waals surface area contributed by atoms with E-state index in [1.807, 2.05) is 35.6 Å². The molecule has 1 aromatic heterocycles. The summed E-state index contributed by atoms with van der Waals surface area (Å²) in [4.78, 5) is 15.9. The number of aromatic nitrogens is 1. The number of benzene rings is 2. The maximum absolute atomic E-state index is 13.1. The summed E-state index contributed by atoms with van der Waals surface area (Å²) in [6.45, 7) is 0.224. The summed E-state index contributed by atoms with van der Waals surface area (Å²) in [5.41, 5.74) is 2.66. The predicted octanol–water partition coefficient (Wildman–Crippen LogP) is 4.49. The number of hydrogen-bond acceptors (Lipinski definition) is 5. The van der Waals surface area contributed by atoms with Gasteiger partial charge in [0, 0.05) is 35.0 Å². The van der Waals surface area contributed by atoms with E-state index in [0.29, 0.717) is 12.3 Å². The molecule has 0 unspecified atom stereocenters. The Hall–Kier alpha value is -2.90. The van der Waals surface area contributed by atoms with E-state index < -0.39 is 12.6 Å². The Balaban J connectivity index is 1.79. The third-order valence-corrected chi connectivity index (χ3v) is 4.77. The Morgan fingerprint density at radius 3 is 2.68 bits per heavy atom. The van der Waals surface area contributed by atoms with Crippen molar-refractivity contribution < 1.29 is 19.0 Å². The van der Waals surface area contributed by atoms with Crippen molar-refractivity contribution in [1.82, 2.24) is 9.29 Å². The number of hydrogen-bond donors (Lipinski definition) is 1. The van der Waals surface area contributed by atoms with Gasteiger partial charge in [0.1, 0.15) is 11.6 Å². The lowest BCUT2D eigenvalue weighted by Crippen LogP contribution is -2.11. The molecule has 0 fully saturated rings. The van der Waals surface area contributed by atoms with Crippen LogP contribution in [0.2, 0.25) is 0 Å². The average Bonchev–Trinajstić information content (AvgIpc) is 2.69. The molecular weight excluding hydrogens is 379 g/mol. The van der Waals surface area contributed by atoms with Gasteiger partial charge in [0.15, 0.2) is 6.61 Å². The van der Waals surface area contributed by atoms with Crippen molar-refractivity contribution in [2.75, 3.05) is 13.7 Å². The highest BCUT2D eigenvalue weighted by atomic mass is 32.2. The van der Waals surface area contributed by atoms with Crippen LogP contribution in [-0.2, 0) is 11.3 Å². The van der Waals surface area contributed by atoms with Gasteiger partial charge in [0.2, 0.25) is 0 Å². The van der Waals surface area contributed by atoms with Crippen LogP contribution < -0.4 is 4.74 Å². The molecule has 0 spiro atoms. The lowest BCUT2D eigenvalue weighted by Gasteiger charge is -2.17. The zero-order chi connectivity index (χ0) is 19.9. The summed E-state index contributed by atoms with van der Waals surface area (Å²) in [6, 6.07) is 15.7. The van der Waals surface area contributed by atoms with Crippen LogP contribution in [0.1, 0.15) is 5.56 Å². The average molecular weight is 398 g/mol. The number of halogens is 1. The molecule has 5 nitrogen and oxygen atoms in total. The van der Waals surface area contributed by atoms with Crippen molar-refractivity contribution in [2.45, 2.75) is 11.4 Å². The van der Waals surface area contributed by atoms with Gasteiger partial charge in [-0.2, -0.15) is 0 Å². The fourth-order valence-corrected chi connectivity index (χ4v) is 3.48. The molecule has 2 aromatic carbocycles. The molecule has 28 heavy (non-hydrogen) atoms. The van der Waals surface area contributed by atoms with Gasteiger partial charge in [-0.1, -0.05) is 12.1 Å². The van der Waals surface area contributed by atoms with Crippen molar-refractivity contribution in [1.29, 1.82) is 0 Å². The summed E-state index contributed by atoms with van der Waals surface area (Å²) >= 11 is 1.51. The first-order chi connectivity index (χ1) is 13.5. The summed E-state index contributed by atoms with van der Waals surface area (Å²) in [6.07, 6.45) is 3.39. The molecular formula is C21H19FN2O3S. The van der Waals surface area contributed by atoms with Crippen LogP contribution in [0.3, 0.4) is 0 Å². The van der Waals surface area contributed by atoms with Gasteiger partial charge in [0.25, 0.3) is 0 Å². The number of ether oxygens (including phenoxy) is 1. The van der Waals surface area contributed by atoms with Crippen LogP contribution in [0.15, 0.2) is 71.9 Å². The van der Waals surface area contributed by atoms with Gasteiger partial charge in [-0.25, -0.2) is 13.5 Å². The molecule has 0 atom stereocenters. The molecule has 0 aliphatic carbocycles. The minimum Gasteiger partial charge on any atom is -0.481 e. The highest BCUT2D eigenvalue weighted by molar-refractivity contribution is 7.97. The lowest BCUT2D eigenvalue weighted by atomic mass is 10.0. The number of rotatable bonds is 8. The topological polar surface area (TPSA) is 62.7 Å². The molecule has 1 heterocycles. The van der Waals surface area contributed by atoms with E-state index in [1.165, 1.54) is 24.1 Å². The van der Waals surface area contributed by atoms with E-state index in [9.17, 15) is 9.18 Å². The van der Waals surface area contributed by atoms with E-state index >= 15 is 0 Å². The van der Waals surface area contributed by atoms with Gasteiger partial charge >= 0.3 is 5.97 Å². The number of carboxylic acid groups (broad SMARTS) is 1. The SMILES string of the molecule is CN(Cc1ccc(OCC(=O)O)c(-c2cccnc2)c1)Sc1ccc(F)cc1. The molecule has 1 N–H and O–H groups in total. The minimum absolute atomic E-state index is 0.259. The predicted molar refractivity (Wildman–Crippen MR) is 107 cm³/mol. The summed E-state index contributed by atoms with van der Waals surface area (Å²) < 4.78 is 20.5. The first-order valence-electron chi connectivity index (χ1n) is 8.54. The smallest absolute Gasteiger partial charge is 0.341 e. The second kappa shape index (κ2) is 9.34. The standard InChI is InChI=1S/C21H19FN2O3S/c1-24(28-18-7-5-17(22)6-8-18)13-15-4-9-20(27-14-21(25)26)19(11-15)16-3-2-10-23-12-16/h2-12H,13-14H2,1H3,(H,25,26). The number of carboxylic acids is 1. The fourth-order valence-electron chi connectivity index (χ4n) is 2.65. The van der Waals surface area contributed by atoms with Gasteiger partial charge < -0.3 is 9.84 Å². The summed E-state index contributed by atoms with van der Waals surface area (Å²) in [5.74, 6) is -0.797. The minimum atomic E-state index is -1.03. The van der Waals surface area contributed by atoms with Crippen molar-refractivity contribution in [3.63, 3.8) is 0 Å². The monoisotopic (exact) mass is 398 g/mol. The van der Waals surface area contributed by atoms with E-state index in [2.05, 4.69) is 4.98 Å². The van der Waals surface area contributed by atoms with Crippen LogP contribution in [-0.4, -0.2) is 34.0 Å². The van der Waals surface area contributed by atoms with Gasteiger partial charge in [-0.3, -0.25) is 4.98 Å². The third kappa shape index (κ3) is 5.55. The van der Waals surface area contributed by atoms with Gasteiger partial charge in [-0.15, -0.1) is 0 Å². The third-order valence-electron chi connectivity index (χ3n) is 3.85. The van der Waals surface area contributed by atoms with Crippen LogP contribution in [0.5, 0.6) is 5.75 Å². The molecule has 144 valence electrons. The Bertz CT molecular complexity index is 936. The van der Waals surface area contributed by atoms with Crippen LogP contribution in [0.4, 0.5) is 4.39 Å². The fraction of sp³-hybridized carbons (Fsp3) is 0.143. The van der Waals surface area contributed by atoms with Gasteiger partial charge in [-0.05, 0) is 67.0 Å². The zero-order valence-electron chi connectivity index (χ0n) is 15.2. The zero-order valence-corrected chi connectivity index (χ0v) is 16.0. The maximum Gasteiger partial charge on any atom is 0.341 e.